The molecule has 0 spiro atoms. The smallest absolute Gasteiger partial charge is 0.435 e. The van der Waals surface area contributed by atoms with Crippen LogP contribution in [0.15, 0.2) is 11.4 Å². The highest BCUT2D eigenvalue weighted by Crippen LogP contribution is 2.37. The number of esters is 1. The van der Waals surface area contributed by atoms with Gasteiger partial charge in [0.15, 0.2) is 5.69 Å². The van der Waals surface area contributed by atoms with E-state index in [1.807, 2.05) is 0 Å². The monoisotopic (exact) mass is 347 g/mol. The summed E-state index contributed by atoms with van der Waals surface area (Å²) in [5.41, 5.74) is 4.50. The molecule has 23 heavy (non-hydrogen) atoms. The van der Waals surface area contributed by atoms with Gasteiger partial charge in [0.1, 0.15) is 16.2 Å². The molecule has 0 aromatic carbocycles. The summed E-state index contributed by atoms with van der Waals surface area (Å²) in [6, 6.07) is 0.884. The predicted octanol–water partition coefficient (Wildman–Crippen LogP) is 3.70. The van der Waals surface area contributed by atoms with Gasteiger partial charge in [-0.05, 0) is 26.8 Å². The van der Waals surface area contributed by atoms with Gasteiger partial charge in [-0.25, -0.2) is 4.79 Å². The van der Waals surface area contributed by atoms with Gasteiger partial charge < -0.3 is 10.5 Å². The van der Waals surface area contributed by atoms with Gasteiger partial charge in [0, 0.05) is 18.0 Å². The first-order valence-corrected chi connectivity index (χ1v) is 7.50. The van der Waals surface area contributed by atoms with Crippen molar-refractivity contribution in [2.75, 3.05) is 5.73 Å². The van der Waals surface area contributed by atoms with Crippen LogP contribution in [0.1, 0.15) is 36.8 Å². The molecule has 0 amide bonds. The van der Waals surface area contributed by atoms with Crippen molar-refractivity contribution in [1.29, 1.82) is 0 Å². The first-order chi connectivity index (χ1) is 10.4. The largest absolute Gasteiger partial charge is 0.456 e. The average Bonchev–Trinajstić information content (AvgIpc) is 2.89. The van der Waals surface area contributed by atoms with Crippen LogP contribution in [0, 0.1) is 0 Å². The Balaban J connectivity index is 2.51. The quantitative estimate of drug-likeness (QED) is 0.841. The van der Waals surface area contributed by atoms with Gasteiger partial charge in [0.05, 0.1) is 5.69 Å². The molecule has 2 rings (SSSR count). The van der Waals surface area contributed by atoms with Crippen molar-refractivity contribution in [2.45, 2.75) is 32.5 Å². The minimum Gasteiger partial charge on any atom is -0.456 e. The summed E-state index contributed by atoms with van der Waals surface area (Å²) >= 11 is 1.06. The number of hydrogen-bond acceptors (Lipinski definition) is 5. The van der Waals surface area contributed by atoms with Crippen LogP contribution in [-0.2, 0) is 18.0 Å². The van der Waals surface area contributed by atoms with Crippen molar-refractivity contribution >= 4 is 22.3 Å². The maximum absolute atomic E-state index is 12.8. The number of carbonyl (C=O) groups excluding carboxylic acids is 1. The Morgan fingerprint density at radius 1 is 1.35 bits per heavy atom. The van der Waals surface area contributed by atoms with E-state index in [1.54, 1.807) is 20.8 Å². The third kappa shape index (κ3) is 3.66. The Bertz CT molecular complexity index is 742. The predicted molar refractivity (Wildman–Crippen MR) is 81.1 cm³/mol. The second-order valence-electron chi connectivity index (χ2n) is 5.93. The summed E-state index contributed by atoms with van der Waals surface area (Å²) in [5, 5.41) is 5.15. The Kier molecular flexibility index (Phi) is 4.18. The maximum atomic E-state index is 12.8. The number of halogens is 3. The van der Waals surface area contributed by atoms with Gasteiger partial charge in [-0.3, -0.25) is 4.68 Å². The molecule has 2 aromatic rings. The zero-order valence-electron chi connectivity index (χ0n) is 13.0. The van der Waals surface area contributed by atoms with Crippen molar-refractivity contribution in [3.8, 4) is 11.3 Å². The van der Waals surface area contributed by atoms with Gasteiger partial charge in [-0.2, -0.15) is 18.3 Å². The normalized spacial score (nSPS) is 12.5. The molecule has 126 valence electrons. The zero-order chi connectivity index (χ0) is 17.6. The van der Waals surface area contributed by atoms with Crippen LogP contribution < -0.4 is 5.73 Å². The van der Waals surface area contributed by atoms with E-state index < -0.39 is 23.4 Å². The number of thiophene rings is 1. The standard InChI is InChI=1S/C14H16F3N3O2S/c1-13(2,3)22-12(21)10-7(6-23-11(10)18)8-5-9(14(15,16)17)19-20(8)4/h5-6H,18H2,1-4H3. The van der Waals surface area contributed by atoms with Crippen molar-refractivity contribution in [2.24, 2.45) is 7.05 Å². The van der Waals surface area contributed by atoms with E-state index in [9.17, 15) is 18.0 Å². The fourth-order valence-electron chi connectivity index (χ4n) is 1.96. The van der Waals surface area contributed by atoms with Crippen molar-refractivity contribution in [1.82, 2.24) is 9.78 Å². The SMILES string of the molecule is Cn1nc(C(F)(F)F)cc1-c1csc(N)c1C(=O)OC(C)(C)C. The van der Waals surface area contributed by atoms with E-state index in [2.05, 4.69) is 5.10 Å². The number of ether oxygens (including phenoxy) is 1. The minimum atomic E-state index is -4.57. The zero-order valence-corrected chi connectivity index (χ0v) is 13.8. The van der Waals surface area contributed by atoms with Gasteiger partial charge >= 0.3 is 12.1 Å². The van der Waals surface area contributed by atoms with Crippen LogP contribution in [0.3, 0.4) is 0 Å². The molecule has 5 nitrogen and oxygen atoms in total. The van der Waals surface area contributed by atoms with E-state index >= 15 is 0 Å². The van der Waals surface area contributed by atoms with Crippen LogP contribution in [0.5, 0.6) is 0 Å². The first kappa shape index (κ1) is 17.3. The molecule has 0 aliphatic heterocycles. The highest BCUT2D eigenvalue weighted by atomic mass is 32.1. The van der Waals surface area contributed by atoms with Crippen LogP contribution >= 0.6 is 11.3 Å². The molecule has 9 heteroatoms. The van der Waals surface area contributed by atoms with Gasteiger partial charge in [0.25, 0.3) is 0 Å². The fraction of sp³-hybridized carbons (Fsp3) is 0.429. The highest BCUT2D eigenvalue weighted by molar-refractivity contribution is 7.14. The summed E-state index contributed by atoms with van der Waals surface area (Å²) < 4.78 is 44.7. The Morgan fingerprint density at radius 2 is 1.96 bits per heavy atom. The topological polar surface area (TPSA) is 70.1 Å². The molecular weight excluding hydrogens is 331 g/mol. The maximum Gasteiger partial charge on any atom is 0.435 e. The van der Waals surface area contributed by atoms with E-state index in [1.165, 1.54) is 12.4 Å². The lowest BCUT2D eigenvalue weighted by atomic mass is 10.1. The molecular formula is C14H16F3N3O2S. The Labute approximate surface area is 134 Å². The minimum absolute atomic E-state index is 0.0571. The van der Waals surface area contributed by atoms with E-state index in [-0.39, 0.29) is 21.8 Å². The second-order valence-corrected chi connectivity index (χ2v) is 6.84. The number of hydrogen-bond donors (Lipinski definition) is 1. The van der Waals surface area contributed by atoms with Crippen molar-refractivity contribution in [3.05, 3.63) is 22.7 Å². The molecule has 0 bridgehead atoms. The number of nitrogens with zero attached hydrogens (tertiary/aromatic N) is 2. The number of nitrogen functional groups attached to an aromatic ring is 1. The lowest BCUT2D eigenvalue weighted by molar-refractivity contribution is -0.141. The molecule has 0 aliphatic rings. The average molecular weight is 347 g/mol. The number of aryl methyl sites for hydroxylation is 1. The number of aromatic nitrogens is 2. The molecule has 0 saturated carbocycles. The van der Waals surface area contributed by atoms with Gasteiger partial charge in [-0.15, -0.1) is 11.3 Å². The molecule has 0 atom stereocenters. The summed E-state index contributed by atoms with van der Waals surface area (Å²) in [4.78, 5) is 12.3. The van der Waals surface area contributed by atoms with Crippen LogP contribution in [-0.4, -0.2) is 21.4 Å². The third-order valence-corrected chi connectivity index (χ3v) is 3.68. The molecule has 2 heterocycles. The molecule has 2 aromatic heterocycles. The number of carbonyl (C=O) groups is 1. The molecule has 0 fully saturated rings. The molecule has 0 unspecified atom stereocenters. The summed E-state index contributed by atoms with van der Waals surface area (Å²) in [6.45, 7) is 5.08. The lowest BCUT2D eigenvalue weighted by Gasteiger charge is -2.19. The second kappa shape index (κ2) is 5.55. The third-order valence-electron chi connectivity index (χ3n) is 2.87. The Hall–Kier alpha value is -2.03. The number of nitrogens with two attached hydrogens (primary N) is 1. The highest BCUT2D eigenvalue weighted by Gasteiger charge is 2.35. The van der Waals surface area contributed by atoms with Gasteiger partial charge in [-0.1, -0.05) is 0 Å². The molecule has 0 aliphatic carbocycles. The summed E-state index contributed by atoms with van der Waals surface area (Å²) in [7, 11) is 1.37. The number of rotatable bonds is 2. The summed E-state index contributed by atoms with van der Waals surface area (Å²) in [5.74, 6) is -0.680. The van der Waals surface area contributed by atoms with E-state index in [4.69, 9.17) is 10.5 Å². The van der Waals surface area contributed by atoms with Crippen molar-refractivity contribution in [3.63, 3.8) is 0 Å². The Morgan fingerprint density at radius 3 is 2.43 bits per heavy atom. The lowest BCUT2D eigenvalue weighted by Crippen LogP contribution is -2.24. The summed E-state index contributed by atoms with van der Waals surface area (Å²) in [6.07, 6.45) is -4.57. The molecule has 2 N–H and O–H groups in total. The van der Waals surface area contributed by atoms with Crippen LogP contribution in [0.25, 0.3) is 11.3 Å². The van der Waals surface area contributed by atoms with E-state index in [0.717, 1.165) is 22.1 Å². The fourth-order valence-corrected chi connectivity index (χ4v) is 2.75. The van der Waals surface area contributed by atoms with Crippen molar-refractivity contribution < 1.29 is 22.7 Å². The first-order valence-electron chi connectivity index (χ1n) is 6.62. The molecule has 0 radical (unpaired) electrons. The van der Waals surface area contributed by atoms with Crippen LogP contribution in [0.2, 0.25) is 0 Å². The molecule has 0 saturated heterocycles. The van der Waals surface area contributed by atoms with Crippen LogP contribution in [0.4, 0.5) is 18.2 Å². The van der Waals surface area contributed by atoms with Gasteiger partial charge in [0.2, 0.25) is 0 Å². The number of alkyl halides is 3. The number of anilines is 1. The van der Waals surface area contributed by atoms with E-state index in [0.29, 0.717) is 0 Å².